The molecule has 12 heteroatoms. The molecule has 0 unspecified atom stereocenters. The van der Waals surface area contributed by atoms with Crippen LogP contribution in [-0.2, 0) is 16.0 Å². The standard InChI is InChI=1S/C27H23F3N4O4S/c1-15-11-16(2)25(17(3)12-15)38-26-19(21(35)14-39(36,37)24-6-4-5-23(31)34-24)8-9-20(33-26)18-7-10-22(32-13-18)27(28,29)30/h4-13H,14H2,1-3H3,(H2,31,34). The Hall–Kier alpha value is -4.32. The lowest BCUT2D eigenvalue weighted by Gasteiger charge is -2.16. The van der Waals surface area contributed by atoms with E-state index in [1.165, 1.54) is 36.4 Å². The number of nitrogens with two attached hydrogens (primary N) is 1. The number of rotatable bonds is 7. The Labute approximate surface area is 222 Å². The molecule has 3 aromatic heterocycles. The smallest absolute Gasteiger partial charge is 0.433 e. The van der Waals surface area contributed by atoms with Gasteiger partial charge in [0.25, 0.3) is 0 Å². The van der Waals surface area contributed by atoms with Crippen molar-refractivity contribution in [3.05, 3.63) is 88.7 Å². The Morgan fingerprint density at radius 1 is 0.974 bits per heavy atom. The molecule has 39 heavy (non-hydrogen) atoms. The van der Waals surface area contributed by atoms with Crippen LogP contribution in [0.2, 0.25) is 0 Å². The molecule has 0 radical (unpaired) electrons. The number of hydrogen-bond donors (Lipinski definition) is 1. The molecule has 1 aromatic carbocycles. The largest absolute Gasteiger partial charge is 0.438 e. The van der Waals surface area contributed by atoms with E-state index in [-0.39, 0.29) is 33.5 Å². The molecule has 202 valence electrons. The first kappa shape index (κ1) is 27.7. The Kier molecular flexibility index (Phi) is 7.42. The third-order valence-corrected chi connectivity index (χ3v) is 7.21. The number of Topliss-reactive ketones (excluding diaryl/α,β-unsaturated/α-hetero) is 1. The van der Waals surface area contributed by atoms with Gasteiger partial charge in [-0.3, -0.25) is 9.78 Å². The molecular weight excluding hydrogens is 533 g/mol. The van der Waals surface area contributed by atoms with E-state index in [4.69, 9.17) is 10.5 Å². The van der Waals surface area contributed by atoms with Crippen LogP contribution in [0.1, 0.15) is 32.7 Å². The van der Waals surface area contributed by atoms with Crippen LogP contribution >= 0.6 is 0 Å². The summed E-state index contributed by atoms with van der Waals surface area (Å²) in [4.78, 5) is 24.9. The summed E-state index contributed by atoms with van der Waals surface area (Å²) < 4.78 is 70.7. The number of ketones is 1. The van der Waals surface area contributed by atoms with Crippen molar-refractivity contribution in [1.29, 1.82) is 0 Å². The van der Waals surface area contributed by atoms with E-state index in [0.717, 1.165) is 29.0 Å². The number of alkyl halides is 3. The van der Waals surface area contributed by atoms with Gasteiger partial charge in [-0.2, -0.15) is 13.2 Å². The summed E-state index contributed by atoms with van der Waals surface area (Å²) in [6.07, 6.45) is -3.60. The van der Waals surface area contributed by atoms with Crippen molar-refractivity contribution in [3.63, 3.8) is 0 Å². The molecule has 0 bridgehead atoms. The van der Waals surface area contributed by atoms with Crippen molar-refractivity contribution >= 4 is 21.4 Å². The summed E-state index contributed by atoms with van der Waals surface area (Å²) >= 11 is 0. The molecule has 0 fully saturated rings. The lowest BCUT2D eigenvalue weighted by Crippen LogP contribution is -2.19. The lowest BCUT2D eigenvalue weighted by molar-refractivity contribution is -0.141. The van der Waals surface area contributed by atoms with E-state index in [1.54, 1.807) is 13.8 Å². The number of carbonyl (C=O) groups excluding carboxylic acids is 1. The quantitative estimate of drug-likeness (QED) is 0.295. The summed E-state index contributed by atoms with van der Waals surface area (Å²) in [6.45, 7) is 5.51. The number of sulfone groups is 1. The topological polar surface area (TPSA) is 125 Å². The highest BCUT2D eigenvalue weighted by atomic mass is 32.2. The zero-order valence-electron chi connectivity index (χ0n) is 21.1. The highest BCUT2D eigenvalue weighted by molar-refractivity contribution is 7.92. The molecule has 0 aliphatic carbocycles. The average Bonchev–Trinajstić information content (AvgIpc) is 2.85. The number of pyridine rings is 3. The highest BCUT2D eigenvalue weighted by Crippen LogP contribution is 2.34. The molecule has 0 spiro atoms. The van der Waals surface area contributed by atoms with Crippen molar-refractivity contribution in [2.75, 3.05) is 11.5 Å². The number of anilines is 1. The number of aryl methyl sites for hydroxylation is 3. The van der Waals surface area contributed by atoms with Gasteiger partial charge in [-0.25, -0.2) is 18.4 Å². The Balaban J connectivity index is 1.77. The lowest BCUT2D eigenvalue weighted by atomic mass is 10.1. The number of aromatic nitrogens is 3. The number of halogens is 3. The van der Waals surface area contributed by atoms with Crippen LogP contribution in [0.3, 0.4) is 0 Å². The minimum absolute atomic E-state index is 0.0194. The van der Waals surface area contributed by atoms with Crippen molar-refractivity contribution in [3.8, 4) is 22.9 Å². The molecule has 0 amide bonds. The minimum atomic E-state index is -4.61. The second-order valence-corrected chi connectivity index (χ2v) is 10.8. The number of hydrogen-bond acceptors (Lipinski definition) is 8. The summed E-state index contributed by atoms with van der Waals surface area (Å²) in [6, 6.07) is 12.5. The van der Waals surface area contributed by atoms with Crippen molar-refractivity contribution in [2.24, 2.45) is 0 Å². The number of nitrogen functional groups attached to an aromatic ring is 1. The molecule has 8 nitrogen and oxygen atoms in total. The molecule has 0 atom stereocenters. The summed E-state index contributed by atoms with van der Waals surface area (Å²) in [5, 5.41) is -0.357. The van der Waals surface area contributed by atoms with Gasteiger partial charge >= 0.3 is 6.18 Å². The third-order valence-electron chi connectivity index (χ3n) is 5.70. The molecule has 3 heterocycles. The first-order chi connectivity index (χ1) is 18.2. The van der Waals surface area contributed by atoms with E-state index in [2.05, 4.69) is 15.0 Å². The van der Waals surface area contributed by atoms with Gasteiger partial charge in [0.05, 0.1) is 11.3 Å². The van der Waals surface area contributed by atoms with Gasteiger partial charge < -0.3 is 10.5 Å². The normalized spacial score (nSPS) is 11.8. The maximum Gasteiger partial charge on any atom is 0.433 e. The fraction of sp³-hybridized carbons (Fsp3) is 0.185. The van der Waals surface area contributed by atoms with Crippen molar-refractivity contribution in [1.82, 2.24) is 15.0 Å². The van der Waals surface area contributed by atoms with Crippen LogP contribution in [0.5, 0.6) is 11.6 Å². The van der Waals surface area contributed by atoms with Gasteiger partial charge in [0.1, 0.15) is 23.0 Å². The van der Waals surface area contributed by atoms with E-state index >= 15 is 0 Å². The number of carbonyl (C=O) groups is 1. The van der Waals surface area contributed by atoms with Gasteiger partial charge in [0.15, 0.2) is 10.8 Å². The Bertz CT molecular complexity index is 1650. The van der Waals surface area contributed by atoms with Crippen LogP contribution < -0.4 is 10.5 Å². The minimum Gasteiger partial charge on any atom is -0.438 e. The van der Waals surface area contributed by atoms with Gasteiger partial charge in [0, 0.05) is 11.8 Å². The number of benzene rings is 1. The molecule has 0 aliphatic heterocycles. The second kappa shape index (κ2) is 10.4. The van der Waals surface area contributed by atoms with Gasteiger partial charge in [-0.05, 0) is 68.3 Å². The summed E-state index contributed by atoms with van der Waals surface area (Å²) in [5.41, 5.74) is 7.26. The van der Waals surface area contributed by atoms with E-state index in [0.29, 0.717) is 5.75 Å². The van der Waals surface area contributed by atoms with E-state index in [9.17, 15) is 26.4 Å². The fourth-order valence-corrected chi connectivity index (χ4v) is 5.14. The maximum absolute atomic E-state index is 13.3. The zero-order valence-corrected chi connectivity index (χ0v) is 21.9. The van der Waals surface area contributed by atoms with Crippen molar-refractivity contribution in [2.45, 2.75) is 32.0 Å². The van der Waals surface area contributed by atoms with Gasteiger partial charge in [0.2, 0.25) is 15.7 Å². The maximum atomic E-state index is 13.3. The van der Waals surface area contributed by atoms with Gasteiger partial charge in [-0.1, -0.05) is 23.8 Å². The molecule has 0 saturated heterocycles. The molecule has 4 rings (SSSR count). The zero-order chi connectivity index (χ0) is 28.5. The van der Waals surface area contributed by atoms with Crippen LogP contribution in [-0.4, -0.2) is 34.9 Å². The van der Waals surface area contributed by atoms with Crippen LogP contribution in [0.4, 0.5) is 19.0 Å². The Morgan fingerprint density at radius 2 is 1.67 bits per heavy atom. The molecule has 4 aromatic rings. The van der Waals surface area contributed by atoms with E-state index < -0.39 is 33.2 Å². The van der Waals surface area contributed by atoms with E-state index in [1.807, 2.05) is 19.1 Å². The summed E-state index contributed by atoms with van der Waals surface area (Å²) in [7, 11) is -4.16. The monoisotopic (exact) mass is 556 g/mol. The fourth-order valence-electron chi connectivity index (χ4n) is 3.96. The number of nitrogens with zero attached hydrogens (tertiary/aromatic N) is 3. The van der Waals surface area contributed by atoms with Crippen LogP contribution in [0.15, 0.2) is 65.8 Å². The first-order valence-corrected chi connectivity index (χ1v) is 13.2. The average molecular weight is 557 g/mol. The predicted octanol–water partition coefficient (Wildman–Crippen LogP) is 5.51. The molecule has 0 aliphatic rings. The van der Waals surface area contributed by atoms with Crippen LogP contribution in [0.25, 0.3) is 11.3 Å². The molecular formula is C27H23F3N4O4S. The van der Waals surface area contributed by atoms with Crippen LogP contribution in [0, 0.1) is 20.8 Å². The summed E-state index contributed by atoms with van der Waals surface area (Å²) in [5.74, 6) is -1.57. The highest BCUT2D eigenvalue weighted by Gasteiger charge is 2.32. The van der Waals surface area contributed by atoms with Gasteiger partial charge in [-0.15, -0.1) is 0 Å². The predicted molar refractivity (Wildman–Crippen MR) is 138 cm³/mol. The SMILES string of the molecule is Cc1cc(C)c(Oc2nc(-c3ccc(C(F)(F)F)nc3)ccc2C(=O)CS(=O)(=O)c2cccc(N)n2)c(C)c1. The third kappa shape index (κ3) is 6.23. The first-order valence-electron chi connectivity index (χ1n) is 11.5. The Morgan fingerprint density at radius 3 is 2.26 bits per heavy atom. The number of ether oxygens (including phenoxy) is 1. The van der Waals surface area contributed by atoms with Crippen molar-refractivity contribution < 1.29 is 31.1 Å². The second-order valence-electron chi connectivity index (χ2n) is 8.89. The molecule has 0 saturated carbocycles. The molecule has 2 N–H and O–H groups in total.